The van der Waals surface area contributed by atoms with Crippen LogP contribution in [0.5, 0.6) is 0 Å². The lowest BCUT2D eigenvalue weighted by atomic mass is 10.1. The number of hydrazine groups is 1. The normalized spacial score (nSPS) is 19.3. The molecule has 3 aromatic rings. The Bertz CT molecular complexity index is 923. The van der Waals surface area contributed by atoms with Crippen LogP contribution in [0.2, 0.25) is 0 Å². The second kappa shape index (κ2) is 7.55. The van der Waals surface area contributed by atoms with E-state index in [0.29, 0.717) is 24.0 Å². The Kier molecular flexibility index (Phi) is 4.97. The number of nitrogens with zero attached hydrogens (tertiary/aromatic N) is 5. The van der Waals surface area contributed by atoms with Crippen LogP contribution in [-0.2, 0) is 0 Å². The third-order valence-electron chi connectivity index (χ3n) is 4.67. The Hall–Kier alpha value is -2.62. The summed E-state index contributed by atoms with van der Waals surface area (Å²) in [5.41, 5.74) is 8.02. The number of thiophene rings is 1. The quantitative estimate of drug-likeness (QED) is 0.697. The molecular weight excluding hydrogens is 362 g/mol. The van der Waals surface area contributed by atoms with Crippen molar-refractivity contribution in [2.75, 3.05) is 13.6 Å². The van der Waals surface area contributed by atoms with Crippen molar-refractivity contribution in [2.24, 2.45) is 0 Å². The molecule has 1 fully saturated rings. The van der Waals surface area contributed by atoms with E-state index in [1.54, 1.807) is 20.9 Å². The first-order valence-corrected chi connectivity index (χ1v) is 9.65. The number of rotatable bonds is 5. The van der Waals surface area contributed by atoms with Gasteiger partial charge in [0.25, 0.3) is 5.91 Å². The zero-order valence-electron chi connectivity index (χ0n) is 15.2. The molecule has 1 aromatic carbocycles. The Morgan fingerprint density at radius 1 is 1.33 bits per heavy atom. The molecule has 2 N–H and O–H groups in total. The monoisotopic (exact) mass is 383 g/mol. The molecule has 1 amide bonds. The topological polar surface area (TPSA) is 88.0 Å². The first kappa shape index (κ1) is 17.8. The number of tetrazole rings is 1. The van der Waals surface area contributed by atoms with E-state index in [-0.39, 0.29) is 11.9 Å². The van der Waals surface area contributed by atoms with Crippen molar-refractivity contribution < 1.29 is 4.79 Å². The first-order valence-electron chi connectivity index (χ1n) is 8.77. The van der Waals surface area contributed by atoms with Gasteiger partial charge in [-0.3, -0.25) is 10.2 Å². The number of benzene rings is 1. The average Bonchev–Trinajstić information content (AvgIpc) is 3.42. The van der Waals surface area contributed by atoms with E-state index in [2.05, 4.69) is 43.9 Å². The molecule has 27 heavy (non-hydrogen) atoms. The van der Waals surface area contributed by atoms with Gasteiger partial charge in [0.15, 0.2) is 5.82 Å². The molecule has 1 aliphatic heterocycles. The van der Waals surface area contributed by atoms with Gasteiger partial charge >= 0.3 is 0 Å². The standard InChI is InChI=1S/C18H21N7OS/c1-12-19-22-23-25(12)15-6-3-5-13(9-15)18(26)24(2)11-14-10-16(21-20-14)17-7-4-8-27-17/h3-9,14,16,20-21H,10-11H2,1-2H3. The van der Waals surface area contributed by atoms with Crippen molar-refractivity contribution in [1.29, 1.82) is 0 Å². The summed E-state index contributed by atoms with van der Waals surface area (Å²) in [5, 5.41) is 13.6. The first-order chi connectivity index (χ1) is 13.1. The van der Waals surface area contributed by atoms with Crippen molar-refractivity contribution in [3.8, 4) is 5.69 Å². The highest BCUT2D eigenvalue weighted by molar-refractivity contribution is 7.10. The summed E-state index contributed by atoms with van der Waals surface area (Å²) in [4.78, 5) is 15.9. The molecule has 0 spiro atoms. The second-order valence-corrected chi connectivity index (χ2v) is 7.64. The number of likely N-dealkylation sites (N-methyl/N-ethyl adjacent to an activating group) is 1. The average molecular weight is 383 g/mol. The van der Waals surface area contributed by atoms with E-state index >= 15 is 0 Å². The van der Waals surface area contributed by atoms with E-state index in [0.717, 1.165) is 12.1 Å². The van der Waals surface area contributed by atoms with Crippen LogP contribution in [-0.4, -0.2) is 50.6 Å². The van der Waals surface area contributed by atoms with E-state index in [4.69, 9.17) is 0 Å². The van der Waals surface area contributed by atoms with Crippen LogP contribution in [0.15, 0.2) is 41.8 Å². The van der Waals surface area contributed by atoms with Gasteiger partial charge in [-0.25, -0.2) is 5.43 Å². The zero-order valence-corrected chi connectivity index (χ0v) is 16.0. The Morgan fingerprint density at radius 3 is 2.96 bits per heavy atom. The minimum atomic E-state index is -0.0241. The lowest BCUT2D eigenvalue weighted by Gasteiger charge is -2.21. The summed E-state index contributed by atoms with van der Waals surface area (Å²) in [7, 11) is 1.83. The highest BCUT2D eigenvalue weighted by Crippen LogP contribution is 2.26. The number of carbonyl (C=O) groups excluding carboxylic acids is 1. The van der Waals surface area contributed by atoms with Crippen LogP contribution in [0.4, 0.5) is 0 Å². The molecule has 3 heterocycles. The lowest BCUT2D eigenvalue weighted by molar-refractivity contribution is 0.0783. The Labute approximate surface area is 161 Å². The fraction of sp³-hybridized carbons (Fsp3) is 0.333. The lowest BCUT2D eigenvalue weighted by Crippen LogP contribution is -2.41. The number of nitrogens with one attached hydrogen (secondary N) is 2. The molecule has 0 saturated carbocycles. The molecule has 8 nitrogen and oxygen atoms in total. The van der Waals surface area contributed by atoms with Gasteiger partial charge in [0.2, 0.25) is 0 Å². The zero-order chi connectivity index (χ0) is 18.8. The van der Waals surface area contributed by atoms with Gasteiger partial charge in [-0.15, -0.1) is 16.4 Å². The van der Waals surface area contributed by atoms with Crippen LogP contribution in [0.3, 0.4) is 0 Å². The molecule has 1 saturated heterocycles. The van der Waals surface area contributed by atoms with Crippen molar-refractivity contribution in [3.05, 3.63) is 58.0 Å². The van der Waals surface area contributed by atoms with Crippen LogP contribution >= 0.6 is 11.3 Å². The third-order valence-corrected chi connectivity index (χ3v) is 5.66. The van der Waals surface area contributed by atoms with Gasteiger partial charge < -0.3 is 4.90 Å². The summed E-state index contributed by atoms with van der Waals surface area (Å²) >= 11 is 1.74. The number of hydrogen-bond donors (Lipinski definition) is 2. The molecule has 1 aliphatic rings. The molecule has 0 radical (unpaired) electrons. The maximum absolute atomic E-state index is 12.9. The predicted molar refractivity (Wildman–Crippen MR) is 103 cm³/mol. The molecular formula is C18H21N7OS. The van der Waals surface area contributed by atoms with Crippen molar-refractivity contribution in [2.45, 2.75) is 25.4 Å². The van der Waals surface area contributed by atoms with Gasteiger partial charge in [-0.1, -0.05) is 12.1 Å². The van der Waals surface area contributed by atoms with Crippen LogP contribution < -0.4 is 10.9 Å². The molecule has 4 rings (SSSR count). The maximum Gasteiger partial charge on any atom is 0.253 e. The minimum Gasteiger partial charge on any atom is -0.340 e. The number of carbonyl (C=O) groups is 1. The van der Waals surface area contributed by atoms with Gasteiger partial charge in [-0.05, 0) is 53.4 Å². The predicted octanol–water partition coefficient (Wildman–Crippen LogP) is 1.71. The minimum absolute atomic E-state index is 0.0241. The summed E-state index contributed by atoms with van der Waals surface area (Å²) < 4.78 is 1.62. The number of amides is 1. The van der Waals surface area contributed by atoms with Crippen LogP contribution in [0, 0.1) is 6.92 Å². The molecule has 2 atom stereocenters. The molecule has 140 valence electrons. The van der Waals surface area contributed by atoms with Crippen molar-refractivity contribution in [3.63, 3.8) is 0 Å². The Morgan fingerprint density at radius 2 is 2.22 bits per heavy atom. The molecule has 9 heteroatoms. The highest BCUT2D eigenvalue weighted by atomic mass is 32.1. The van der Waals surface area contributed by atoms with Gasteiger partial charge in [0.05, 0.1) is 11.7 Å². The van der Waals surface area contributed by atoms with Crippen LogP contribution in [0.1, 0.15) is 33.5 Å². The van der Waals surface area contributed by atoms with E-state index < -0.39 is 0 Å². The van der Waals surface area contributed by atoms with Crippen molar-refractivity contribution in [1.82, 2.24) is 36.0 Å². The fourth-order valence-corrected chi connectivity index (χ4v) is 4.08. The van der Waals surface area contributed by atoms with Crippen LogP contribution in [0.25, 0.3) is 5.69 Å². The molecule has 2 aromatic heterocycles. The smallest absolute Gasteiger partial charge is 0.253 e. The summed E-state index contributed by atoms with van der Waals surface area (Å²) in [6.45, 7) is 2.45. The number of hydrogen-bond acceptors (Lipinski definition) is 7. The number of aryl methyl sites for hydroxylation is 1. The van der Waals surface area contributed by atoms with E-state index in [1.165, 1.54) is 4.88 Å². The number of aromatic nitrogens is 4. The molecule has 2 unspecified atom stereocenters. The van der Waals surface area contributed by atoms with Gasteiger partial charge in [0.1, 0.15) is 0 Å². The molecule has 0 bridgehead atoms. The second-order valence-electron chi connectivity index (χ2n) is 6.66. The maximum atomic E-state index is 12.9. The summed E-state index contributed by atoms with van der Waals surface area (Å²) in [6.07, 6.45) is 0.946. The largest absolute Gasteiger partial charge is 0.340 e. The van der Waals surface area contributed by atoms with E-state index in [9.17, 15) is 4.79 Å². The summed E-state index contributed by atoms with van der Waals surface area (Å²) in [5.74, 6) is 0.651. The SMILES string of the molecule is Cc1nnnn1-c1cccc(C(=O)N(C)CC2CC(c3cccs3)NN2)c1. The Balaban J connectivity index is 1.42. The van der Waals surface area contributed by atoms with E-state index in [1.807, 2.05) is 38.2 Å². The highest BCUT2D eigenvalue weighted by Gasteiger charge is 2.27. The third kappa shape index (κ3) is 3.75. The molecule has 0 aliphatic carbocycles. The van der Waals surface area contributed by atoms with Gasteiger partial charge in [-0.2, -0.15) is 4.68 Å². The summed E-state index contributed by atoms with van der Waals surface area (Å²) in [6, 6.07) is 12.1. The van der Waals surface area contributed by atoms with Gasteiger partial charge in [0, 0.05) is 30.1 Å². The fourth-order valence-electron chi connectivity index (χ4n) is 3.29. The van der Waals surface area contributed by atoms with Crippen molar-refractivity contribution >= 4 is 17.2 Å².